The maximum absolute atomic E-state index is 11.7. The van der Waals surface area contributed by atoms with E-state index in [1.165, 1.54) is 0 Å². The second kappa shape index (κ2) is 7.17. The molecule has 0 saturated heterocycles. The molecule has 20 heavy (non-hydrogen) atoms. The molecule has 2 rings (SSSR count). The van der Waals surface area contributed by atoms with Gasteiger partial charge in [-0.2, -0.15) is 0 Å². The number of hydrogen-bond donors (Lipinski definition) is 2. The van der Waals surface area contributed by atoms with Gasteiger partial charge < -0.3 is 10.6 Å². The monoisotopic (exact) mass is 333 g/mol. The van der Waals surface area contributed by atoms with Gasteiger partial charge in [-0.15, -0.1) is 0 Å². The molecule has 2 aromatic rings. The van der Waals surface area contributed by atoms with Gasteiger partial charge in [-0.3, -0.25) is 9.78 Å². The number of benzene rings is 1. The van der Waals surface area contributed by atoms with Crippen molar-refractivity contribution in [2.75, 3.05) is 11.9 Å². The predicted octanol–water partition coefficient (Wildman–Crippen LogP) is 2.88. The zero-order chi connectivity index (χ0) is 14.4. The first-order chi connectivity index (χ1) is 9.63. The number of aryl methyl sites for hydroxylation is 1. The van der Waals surface area contributed by atoms with Crippen LogP contribution in [0.5, 0.6) is 0 Å². The number of nitrogens with one attached hydrogen (secondary N) is 2. The van der Waals surface area contributed by atoms with Crippen molar-refractivity contribution in [1.29, 1.82) is 0 Å². The summed E-state index contributed by atoms with van der Waals surface area (Å²) in [5, 5.41) is 5.92. The van der Waals surface area contributed by atoms with Gasteiger partial charge in [0, 0.05) is 28.6 Å². The van der Waals surface area contributed by atoms with Crippen LogP contribution in [0.25, 0.3) is 0 Å². The molecular formula is C15H16BrN3O. The first kappa shape index (κ1) is 14.7. The molecule has 1 amide bonds. The number of aromatic nitrogens is 1. The maximum Gasteiger partial charge on any atom is 0.238 e. The summed E-state index contributed by atoms with van der Waals surface area (Å²) >= 11 is 3.35. The maximum atomic E-state index is 11.7. The first-order valence-corrected chi connectivity index (χ1v) is 7.10. The Kier molecular flexibility index (Phi) is 5.26. The molecule has 0 aliphatic heterocycles. The minimum absolute atomic E-state index is 0.0626. The molecule has 1 aromatic heterocycles. The molecule has 2 N–H and O–H groups in total. The Hall–Kier alpha value is -1.72. The Bertz CT molecular complexity index is 567. The topological polar surface area (TPSA) is 54.0 Å². The summed E-state index contributed by atoms with van der Waals surface area (Å²) in [7, 11) is 0. The lowest BCUT2D eigenvalue weighted by atomic mass is 10.2. The number of amides is 1. The van der Waals surface area contributed by atoms with Crippen molar-refractivity contribution >= 4 is 27.5 Å². The van der Waals surface area contributed by atoms with E-state index in [9.17, 15) is 4.79 Å². The third-order valence-corrected chi connectivity index (χ3v) is 3.24. The van der Waals surface area contributed by atoms with Crippen molar-refractivity contribution < 1.29 is 4.79 Å². The largest absolute Gasteiger partial charge is 0.325 e. The molecule has 104 valence electrons. The van der Waals surface area contributed by atoms with Crippen molar-refractivity contribution in [2.45, 2.75) is 13.5 Å². The van der Waals surface area contributed by atoms with Crippen molar-refractivity contribution in [3.05, 3.63) is 58.3 Å². The minimum Gasteiger partial charge on any atom is -0.325 e. The molecule has 0 spiro atoms. The molecule has 4 nitrogen and oxygen atoms in total. The molecule has 1 aromatic carbocycles. The van der Waals surface area contributed by atoms with Gasteiger partial charge in [0.05, 0.1) is 6.54 Å². The molecular weight excluding hydrogens is 318 g/mol. The second-order valence-corrected chi connectivity index (χ2v) is 5.38. The van der Waals surface area contributed by atoms with Gasteiger partial charge in [-0.05, 0) is 42.8 Å². The van der Waals surface area contributed by atoms with E-state index >= 15 is 0 Å². The summed E-state index contributed by atoms with van der Waals surface area (Å²) < 4.78 is 0.987. The van der Waals surface area contributed by atoms with E-state index in [-0.39, 0.29) is 12.5 Å². The standard InChI is InChI=1S/C15H16BrN3O/c1-11-2-3-12(9-18-11)8-17-10-15(20)19-14-6-4-13(16)5-7-14/h2-7,9,17H,8,10H2,1H3,(H,19,20). The predicted molar refractivity (Wildman–Crippen MR) is 83.5 cm³/mol. The number of nitrogens with zero attached hydrogens (tertiary/aromatic N) is 1. The van der Waals surface area contributed by atoms with Gasteiger partial charge in [-0.25, -0.2) is 0 Å². The van der Waals surface area contributed by atoms with E-state index in [4.69, 9.17) is 0 Å². The van der Waals surface area contributed by atoms with Crippen LogP contribution in [-0.2, 0) is 11.3 Å². The lowest BCUT2D eigenvalue weighted by molar-refractivity contribution is -0.115. The van der Waals surface area contributed by atoms with Gasteiger partial charge in [0.15, 0.2) is 0 Å². The molecule has 0 saturated carbocycles. The van der Waals surface area contributed by atoms with Crippen molar-refractivity contribution in [3.63, 3.8) is 0 Å². The summed E-state index contributed by atoms with van der Waals surface area (Å²) in [4.78, 5) is 15.9. The van der Waals surface area contributed by atoms with Crippen LogP contribution in [0.3, 0.4) is 0 Å². The Balaban J connectivity index is 1.75. The molecule has 0 bridgehead atoms. The van der Waals surface area contributed by atoms with E-state index in [0.717, 1.165) is 21.4 Å². The SMILES string of the molecule is Cc1ccc(CNCC(=O)Nc2ccc(Br)cc2)cn1. The first-order valence-electron chi connectivity index (χ1n) is 6.31. The Morgan fingerprint density at radius 1 is 1.20 bits per heavy atom. The van der Waals surface area contributed by atoms with Crippen molar-refractivity contribution in [1.82, 2.24) is 10.3 Å². The Morgan fingerprint density at radius 2 is 1.95 bits per heavy atom. The zero-order valence-corrected chi connectivity index (χ0v) is 12.8. The van der Waals surface area contributed by atoms with Crippen LogP contribution in [0, 0.1) is 6.92 Å². The van der Waals surface area contributed by atoms with Gasteiger partial charge in [0.25, 0.3) is 0 Å². The quantitative estimate of drug-likeness (QED) is 0.884. The number of pyridine rings is 1. The van der Waals surface area contributed by atoms with E-state index in [0.29, 0.717) is 6.54 Å². The molecule has 0 radical (unpaired) electrons. The Labute approximate surface area is 126 Å². The average molecular weight is 334 g/mol. The highest BCUT2D eigenvalue weighted by Gasteiger charge is 2.02. The van der Waals surface area contributed by atoms with Crippen molar-refractivity contribution in [2.24, 2.45) is 0 Å². The minimum atomic E-state index is -0.0626. The third-order valence-electron chi connectivity index (χ3n) is 2.72. The number of carbonyl (C=O) groups is 1. The van der Waals surface area contributed by atoms with Crippen LogP contribution in [0.4, 0.5) is 5.69 Å². The normalized spacial score (nSPS) is 10.3. The highest BCUT2D eigenvalue weighted by Crippen LogP contribution is 2.13. The highest BCUT2D eigenvalue weighted by molar-refractivity contribution is 9.10. The zero-order valence-electron chi connectivity index (χ0n) is 11.2. The second-order valence-electron chi connectivity index (χ2n) is 4.47. The number of anilines is 1. The van der Waals surface area contributed by atoms with E-state index < -0.39 is 0 Å². The summed E-state index contributed by atoms with van der Waals surface area (Å²) in [6.45, 7) is 2.84. The van der Waals surface area contributed by atoms with Gasteiger partial charge in [-0.1, -0.05) is 22.0 Å². The van der Waals surface area contributed by atoms with Crippen LogP contribution in [-0.4, -0.2) is 17.4 Å². The summed E-state index contributed by atoms with van der Waals surface area (Å²) in [6.07, 6.45) is 1.81. The van der Waals surface area contributed by atoms with Gasteiger partial charge in [0.2, 0.25) is 5.91 Å². The fraction of sp³-hybridized carbons (Fsp3) is 0.200. The van der Waals surface area contributed by atoms with Crippen molar-refractivity contribution in [3.8, 4) is 0 Å². The molecule has 1 heterocycles. The van der Waals surface area contributed by atoms with Crippen LogP contribution < -0.4 is 10.6 Å². The van der Waals surface area contributed by atoms with Gasteiger partial charge >= 0.3 is 0 Å². The van der Waals surface area contributed by atoms with Crippen LogP contribution >= 0.6 is 15.9 Å². The highest BCUT2D eigenvalue weighted by atomic mass is 79.9. The molecule has 0 atom stereocenters. The third kappa shape index (κ3) is 4.75. The summed E-state index contributed by atoms with van der Waals surface area (Å²) in [5.41, 5.74) is 2.84. The molecule has 0 aliphatic carbocycles. The van der Waals surface area contributed by atoms with E-state index in [2.05, 4.69) is 31.5 Å². The lowest BCUT2D eigenvalue weighted by Crippen LogP contribution is -2.27. The molecule has 5 heteroatoms. The average Bonchev–Trinajstić information content (AvgIpc) is 2.44. The fourth-order valence-corrected chi connectivity index (χ4v) is 1.93. The lowest BCUT2D eigenvalue weighted by Gasteiger charge is -2.07. The summed E-state index contributed by atoms with van der Waals surface area (Å²) in [5.74, 6) is -0.0626. The fourth-order valence-electron chi connectivity index (χ4n) is 1.66. The number of rotatable bonds is 5. The number of hydrogen-bond acceptors (Lipinski definition) is 3. The van der Waals surface area contributed by atoms with Crippen LogP contribution in [0.1, 0.15) is 11.3 Å². The summed E-state index contributed by atoms with van der Waals surface area (Å²) in [6, 6.07) is 11.4. The molecule has 0 fully saturated rings. The Morgan fingerprint density at radius 3 is 2.60 bits per heavy atom. The number of carbonyl (C=O) groups excluding carboxylic acids is 1. The van der Waals surface area contributed by atoms with E-state index in [1.807, 2.05) is 49.5 Å². The van der Waals surface area contributed by atoms with Crippen LogP contribution in [0.15, 0.2) is 47.1 Å². The number of halogens is 1. The molecule has 0 aliphatic rings. The van der Waals surface area contributed by atoms with Gasteiger partial charge in [0.1, 0.15) is 0 Å². The smallest absolute Gasteiger partial charge is 0.238 e. The van der Waals surface area contributed by atoms with Crippen LogP contribution in [0.2, 0.25) is 0 Å². The van der Waals surface area contributed by atoms with E-state index in [1.54, 1.807) is 0 Å². The molecule has 0 unspecified atom stereocenters.